The van der Waals surface area contributed by atoms with Gasteiger partial charge in [-0.1, -0.05) is 78.9 Å². The summed E-state index contributed by atoms with van der Waals surface area (Å²) < 4.78 is 6.00. The molecule has 3 nitrogen and oxygen atoms in total. The lowest BCUT2D eigenvalue weighted by Gasteiger charge is -2.24. The van der Waals surface area contributed by atoms with Crippen LogP contribution in [0.5, 0.6) is 11.5 Å². The second-order valence-corrected chi connectivity index (χ2v) is 8.26. The van der Waals surface area contributed by atoms with Crippen LogP contribution in [0.4, 0.5) is 11.4 Å². The van der Waals surface area contributed by atoms with Crippen LogP contribution in [0.1, 0.15) is 21.5 Å². The van der Waals surface area contributed by atoms with E-state index < -0.39 is 0 Å². The number of carbonyl (C=O) groups excluding carboxylic acids is 1. The van der Waals surface area contributed by atoms with Crippen LogP contribution in [0.15, 0.2) is 146 Å². The van der Waals surface area contributed by atoms with Gasteiger partial charge in [0, 0.05) is 28.7 Å². The SMILES string of the molecule is O=Cc1ccc(N(C=C(c2ccccc2)c2ccccc2)c2ccc(Oc3ccccc3)cc2)cc1. The maximum absolute atomic E-state index is 11.3. The van der Waals surface area contributed by atoms with Crippen molar-refractivity contribution in [1.29, 1.82) is 0 Å². The lowest BCUT2D eigenvalue weighted by Crippen LogP contribution is -2.10. The predicted molar refractivity (Wildman–Crippen MR) is 147 cm³/mol. The van der Waals surface area contributed by atoms with Gasteiger partial charge in [-0.15, -0.1) is 0 Å². The lowest BCUT2D eigenvalue weighted by atomic mass is 9.98. The summed E-state index contributed by atoms with van der Waals surface area (Å²) in [6.45, 7) is 0. The van der Waals surface area contributed by atoms with Crippen LogP contribution in [0.3, 0.4) is 0 Å². The van der Waals surface area contributed by atoms with Gasteiger partial charge in [-0.3, -0.25) is 4.79 Å². The van der Waals surface area contributed by atoms with Gasteiger partial charge in [-0.25, -0.2) is 0 Å². The molecule has 0 spiro atoms. The molecule has 0 fully saturated rings. The Morgan fingerprint density at radius 2 is 0.972 bits per heavy atom. The molecule has 5 rings (SSSR count). The summed E-state index contributed by atoms with van der Waals surface area (Å²) in [6.07, 6.45) is 3.01. The molecular weight excluding hydrogens is 442 g/mol. The molecule has 0 N–H and O–H groups in total. The van der Waals surface area contributed by atoms with Gasteiger partial charge in [-0.05, 0) is 71.8 Å². The lowest BCUT2D eigenvalue weighted by molar-refractivity contribution is 0.112. The first-order valence-corrected chi connectivity index (χ1v) is 11.8. The number of hydrogen-bond donors (Lipinski definition) is 0. The second kappa shape index (κ2) is 11.0. The summed E-state index contributed by atoms with van der Waals surface area (Å²) in [4.78, 5) is 13.4. The Labute approximate surface area is 211 Å². The summed E-state index contributed by atoms with van der Waals surface area (Å²) in [5, 5.41) is 0. The monoisotopic (exact) mass is 467 g/mol. The normalized spacial score (nSPS) is 10.3. The molecule has 0 amide bonds. The largest absolute Gasteiger partial charge is 0.457 e. The Morgan fingerprint density at radius 3 is 1.47 bits per heavy atom. The van der Waals surface area contributed by atoms with E-state index in [-0.39, 0.29) is 0 Å². The molecule has 5 aromatic carbocycles. The molecule has 0 atom stereocenters. The van der Waals surface area contributed by atoms with Gasteiger partial charge in [0.2, 0.25) is 0 Å². The quantitative estimate of drug-likeness (QED) is 0.214. The molecule has 0 unspecified atom stereocenters. The van der Waals surface area contributed by atoms with Crippen LogP contribution < -0.4 is 9.64 Å². The molecule has 3 heteroatoms. The Kier molecular flexibility index (Phi) is 7.01. The molecule has 36 heavy (non-hydrogen) atoms. The van der Waals surface area contributed by atoms with Crippen molar-refractivity contribution in [3.63, 3.8) is 0 Å². The Bertz CT molecular complexity index is 1390. The zero-order chi connectivity index (χ0) is 24.6. The van der Waals surface area contributed by atoms with Crippen molar-refractivity contribution in [3.8, 4) is 11.5 Å². The van der Waals surface area contributed by atoms with E-state index in [2.05, 4.69) is 35.4 Å². The maximum atomic E-state index is 11.3. The third-order valence-corrected chi connectivity index (χ3v) is 5.83. The van der Waals surface area contributed by atoms with Gasteiger partial charge >= 0.3 is 0 Å². The average molecular weight is 468 g/mol. The van der Waals surface area contributed by atoms with Crippen molar-refractivity contribution in [2.75, 3.05) is 4.90 Å². The molecule has 0 bridgehead atoms. The smallest absolute Gasteiger partial charge is 0.150 e. The van der Waals surface area contributed by atoms with Crippen molar-refractivity contribution >= 4 is 23.2 Å². The summed E-state index contributed by atoms with van der Waals surface area (Å²) in [5.74, 6) is 1.55. The Hall–Kier alpha value is -4.89. The van der Waals surface area contributed by atoms with Crippen molar-refractivity contribution in [1.82, 2.24) is 0 Å². The Balaban J connectivity index is 1.58. The second-order valence-electron chi connectivity index (χ2n) is 8.26. The number of nitrogens with zero attached hydrogens (tertiary/aromatic N) is 1. The molecule has 0 aromatic heterocycles. The number of ether oxygens (including phenoxy) is 1. The number of anilines is 2. The molecule has 0 heterocycles. The molecule has 0 radical (unpaired) electrons. The van der Waals surface area contributed by atoms with Crippen molar-refractivity contribution in [2.45, 2.75) is 0 Å². The van der Waals surface area contributed by atoms with Crippen LogP contribution in [-0.2, 0) is 0 Å². The molecule has 0 saturated carbocycles. The number of hydrogen-bond acceptors (Lipinski definition) is 3. The molecule has 0 aliphatic heterocycles. The van der Waals surface area contributed by atoms with Gasteiger partial charge < -0.3 is 9.64 Å². The van der Waals surface area contributed by atoms with Gasteiger partial charge in [0.25, 0.3) is 0 Å². The number of aldehydes is 1. The minimum atomic E-state index is 0.639. The van der Waals surface area contributed by atoms with E-state index in [0.29, 0.717) is 5.56 Å². The van der Waals surface area contributed by atoms with E-state index in [0.717, 1.165) is 45.9 Å². The topological polar surface area (TPSA) is 29.5 Å². The Morgan fingerprint density at radius 1 is 0.528 bits per heavy atom. The predicted octanol–water partition coefficient (Wildman–Crippen LogP) is 8.52. The third kappa shape index (κ3) is 5.43. The van der Waals surface area contributed by atoms with E-state index >= 15 is 0 Å². The van der Waals surface area contributed by atoms with E-state index in [1.165, 1.54) is 0 Å². The van der Waals surface area contributed by atoms with E-state index in [1.54, 1.807) is 0 Å². The van der Waals surface area contributed by atoms with Crippen LogP contribution in [-0.4, -0.2) is 6.29 Å². The average Bonchev–Trinajstić information content (AvgIpc) is 2.96. The van der Waals surface area contributed by atoms with Gasteiger partial charge in [0.05, 0.1) is 0 Å². The van der Waals surface area contributed by atoms with Crippen LogP contribution in [0.2, 0.25) is 0 Å². The summed E-state index contributed by atoms with van der Waals surface area (Å²) >= 11 is 0. The highest BCUT2D eigenvalue weighted by atomic mass is 16.5. The fourth-order valence-electron chi connectivity index (χ4n) is 3.99. The van der Waals surface area contributed by atoms with E-state index in [4.69, 9.17) is 4.74 Å². The zero-order valence-electron chi connectivity index (χ0n) is 19.7. The van der Waals surface area contributed by atoms with Gasteiger partial charge in [0.1, 0.15) is 17.8 Å². The minimum Gasteiger partial charge on any atom is -0.457 e. The molecule has 0 aliphatic carbocycles. The fraction of sp³-hybridized carbons (Fsp3) is 0. The number of benzene rings is 5. The molecule has 0 aliphatic rings. The van der Waals surface area contributed by atoms with Crippen molar-refractivity contribution < 1.29 is 9.53 Å². The van der Waals surface area contributed by atoms with Crippen molar-refractivity contribution in [2.24, 2.45) is 0 Å². The number of para-hydroxylation sites is 1. The zero-order valence-corrected chi connectivity index (χ0v) is 19.7. The first-order valence-electron chi connectivity index (χ1n) is 11.8. The number of carbonyl (C=O) groups is 1. The molecule has 0 saturated heterocycles. The minimum absolute atomic E-state index is 0.639. The van der Waals surface area contributed by atoms with E-state index in [1.807, 2.05) is 115 Å². The summed E-state index contributed by atoms with van der Waals surface area (Å²) in [5.41, 5.74) is 5.87. The third-order valence-electron chi connectivity index (χ3n) is 5.83. The number of rotatable bonds is 8. The van der Waals surface area contributed by atoms with Crippen LogP contribution >= 0.6 is 0 Å². The van der Waals surface area contributed by atoms with Gasteiger partial charge in [-0.2, -0.15) is 0 Å². The first kappa shape index (κ1) is 22.9. The van der Waals surface area contributed by atoms with Gasteiger partial charge in [0.15, 0.2) is 0 Å². The fourth-order valence-corrected chi connectivity index (χ4v) is 3.99. The molecular formula is C33H25NO2. The van der Waals surface area contributed by atoms with Crippen LogP contribution in [0, 0.1) is 0 Å². The van der Waals surface area contributed by atoms with E-state index in [9.17, 15) is 4.79 Å². The first-order chi connectivity index (χ1) is 17.8. The van der Waals surface area contributed by atoms with Crippen LogP contribution in [0.25, 0.3) is 5.57 Å². The molecule has 5 aromatic rings. The standard InChI is InChI=1S/C33H25NO2/c35-25-26-16-18-29(19-17-26)34(30-20-22-32(23-21-30)36-31-14-8-3-9-15-31)24-33(27-10-4-1-5-11-27)28-12-6-2-7-13-28/h1-25H. The molecule has 174 valence electrons. The highest BCUT2D eigenvalue weighted by Gasteiger charge is 2.12. The highest BCUT2D eigenvalue weighted by molar-refractivity contribution is 5.84. The maximum Gasteiger partial charge on any atom is 0.150 e. The van der Waals surface area contributed by atoms with Crippen molar-refractivity contribution in [3.05, 3.63) is 162 Å². The summed E-state index contributed by atoms with van der Waals surface area (Å²) in [7, 11) is 0. The highest BCUT2D eigenvalue weighted by Crippen LogP contribution is 2.33. The summed E-state index contributed by atoms with van der Waals surface area (Å²) in [6, 6.07) is 46.0.